The minimum absolute atomic E-state index is 0.156. The van der Waals surface area contributed by atoms with Gasteiger partial charge in [0.1, 0.15) is 5.82 Å². The quantitative estimate of drug-likeness (QED) is 0.806. The predicted octanol–water partition coefficient (Wildman–Crippen LogP) is 4.71. The highest BCUT2D eigenvalue weighted by Gasteiger charge is 2.16. The van der Waals surface area contributed by atoms with E-state index in [9.17, 15) is 9.18 Å². The Morgan fingerprint density at radius 1 is 1.25 bits per heavy atom. The fourth-order valence-electron chi connectivity index (χ4n) is 1.59. The van der Waals surface area contributed by atoms with E-state index in [1.807, 2.05) is 24.3 Å². The molecule has 0 aliphatic heterocycles. The van der Waals surface area contributed by atoms with Crippen molar-refractivity contribution >= 4 is 39.3 Å². The average Bonchev–Trinajstić information content (AvgIpc) is 2.41. The molecule has 0 fully saturated rings. The highest BCUT2D eigenvalue weighted by molar-refractivity contribution is 9.10. The van der Waals surface area contributed by atoms with Crippen molar-refractivity contribution in [2.24, 2.45) is 0 Å². The van der Waals surface area contributed by atoms with E-state index in [2.05, 4.69) is 21.2 Å². The van der Waals surface area contributed by atoms with Crippen LogP contribution in [0.5, 0.6) is 0 Å². The van der Waals surface area contributed by atoms with Crippen molar-refractivity contribution in [1.29, 1.82) is 0 Å². The standard InChI is InChI=1S/C15H13BrFNOS/c1-10(20-14-8-3-2-7-13(14)17)15(19)18-12-6-4-5-11(16)9-12/h2-10H,1H3,(H,18,19). The van der Waals surface area contributed by atoms with Gasteiger partial charge in [0.25, 0.3) is 0 Å². The number of anilines is 1. The zero-order valence-electron chi connectivity index (χ0n) is 10.8. The van der Waals surface area contributed by atoms with Crippen molar-refractivity contribution in [2.45, 2.75) is 17.1 Å². The summed E-state index contributed by atoms with van der Waals surface area (Å²) in [5.41, 5.74) is 0.713. The lowest BCUT2D eigenvalue weighted by molar-refractivity contribution is -0.115. The summed E-state index contributed by atoms with van der Waals surface area (Å²) in [5, 5.41) is 2.43. The smallest absolute Gasteiger partial charge is 0.237 e. The Morgan fingerprint density at radius 3 is 2.70 bits per heavy atom. The second-order valence-electron chi connectivity index (χ2n) is 4.19. The highest BCUT2D eigenvalue weighted by Crippen LogP contribution is 2.26. The van der Waals surface area contributed by atoms with Crippen LogP contribution in [0.3, 0.4) is 0 Å². The molecule has 0 heterocycles. The summed E-state index contributed by atoms with van der Waals surface area (Å²) in [4.78, 5) is 12.5. The van der Waals surface area contributed by atoms with Crippen molar-refractivity contribution in [3.05, 3.63) is 58.8 Å². The van der Waals surface area contributed by atoms with Crippen molar-refractivity contribution in [3.63, 3.8) is 0 Å². The number of nitrogens with one attached hydrogen (secondary N) is 1. The first-order chi connectivity index (χ1) is 9.56. The molecule has 0 spiro atoms. The van der Waals surface area contributed by atoms with Gasteiger partial charge in [-0.05, 0) is 37.3 Å². The van der Waals surface area contributed by atoms with E-state index in [0.717, 1.165) is 4.47 Å². The summed E-state index contributed by atoms with van der Waals surface area (Å²) in [6.45, 7) is 1.75. The Hall–Kier alpha value is -1.33. The molecule has 20 heavy (non-hydrogen) atoms. The molecule has 0 aliphatic rings. The van der Waals surface area contributed by atoms with Gasteiger partial charge in [-0.25, -0.2) is 4.39 Å². The molecular weight excluding hydrogens is 341 g/mol. The fourth-order valence-corrected chi connectivity index (χ4v) is 2.88. The Morgan fingerprint density at radius 2 is 2.00 bits per heavy atom. The molecule has 2 aromatic rings. The molecular formula is C15H13BrFNOS. The maximum absolute atomic E-state index is 13.5. The fraction of sp³-hybridized carbons (Fsp3) is 0.133. The second-order valence-corrected chi connectivity index (χ2v) is 6.49. The molecule has 1 N–H and O–H groups in total. The van der Waals surface area contributed by atoms with E-state index < -0.39 is 0 Å². The number of hydrogen-bond acceptors (Lipinski definition) is 2. The van der Waals surface area contributed by atoms with Gasteiger partial charge >= 0.3 is 0 Å². The van der Waals surface area contributed by atoms with Crippen LogP contribution in [0.25, 0.3) is 0 Å². The molecule has 0 aromatic heterocycles. The maximum Gasteiger partial charge on any atom is 0.237 e. The van der Waals surface area contributed by atoms with Crippen LogP contribution >= 0.6 is 27.7 Å². The van der Waals surface area contributed by atoms with E-state index in [1.54, 1.807) is 25.1 Å². The molecule has 0 radical (unpaired) electrons. The van der Waals surface area contributed by atoms with E-state index >= 15 is 0 Å². The number of carbonyl (C=O) groups is 1. The molecule has 0 saturated heterocycles. The van der Waals surface area contributed by atoms with Gasteiger partial charge < -0.3 is 5.32 Å². The van der Waals surface area contributed by atoms with Crippen LogP contribution in [0, 0.1) is 5.82 Å². The van der Waals surface area contributed by atoms with Gasteiger partial charge in [-0.2, -0.15) is 0 Å². The molecule has 1 amide bonds. The first-order valence-electron chi connectivity index (χ1n) is 6.04. The topological polar surface area (TPSA) is 29.1 Å². The number of benzene rings is 2. The summed E-state index contributed by atoms with van der Waals surface area (Å²) < 4.78 is 14.4. The molecule has 2 rings (SSSR count). The summed E-state index contributed by atoms with van der Waals surface area (Å²) in [6.07, 6.45) is 0. The van der Waals surface area contributed by atoms with Gasteiger partial charge in [-0.1, -0.05) is 34.1 Å². The third kappa shape index (κ3) is 4.08. The van der Waals surface area contributed by atoms with E-state index in [1.165, 1.54) is 17.8 Å². The minimum atomic E-state index is -0.383. The Bertz CT molecular complexity index is 620. The lowest BCUT2D eigenvalue weighted by Gasteiger charge is -2.12. The number of rotatable bonds is 4. The molecule has 0 saturated carbocycles. The summed E-state index contributed by atoms with van der Waals surface area (Å²) >= 11 is 4.55. The maximum atomic E-state index is 13.5. The second kappa shape index (κ2) is 6.90. The first kappa shape index (κ1) is 15.1. The van der Waals surface area contributed by atoms with Gasteiger partial charge in [-0.15, -0.1) is 11.8 Å². The minimum Gasteiger partial charge on any atom is -0.325 e. The molecule has 0 aliphatic carbocycles. The van der Waals surface area contributed by atoms with E-state index in [0.29, 0.717) is 10.6 Å². The third-order valence-electron chi connectivity index (χ3n) is 2.60. The molecule has 2 nitrogen and oxygen atoms in total. The van der Waals surface area contributed by atoms with Crippen LogP contribution in [0.2, 0.25) is 0 Å². The molecule has 1 unspecified atom stereocenters. The van der Waals surface area contributed by atoms with Crippen LogP contribution in [0.15, 0.2) is 57.9 Å². The first-order valence-corrected chi connectivity index (χ1v) is 7.71. The molecule has 0 bridgehead atoms. The van der Waals surface area contributed by atoms with Gasteiger partial charge in [0.05, 0.1) is 5.25 Å². The largest absolute Gasteiger partial charge is 0.325 e. The number of amides is 1. The number of thioether (sulfide) groups is 1. The normalized spacial score (nSPS) is 11.9. The highest BCUT2D eigenvalue weighted by atomic mass is 79.9. The van der Waals surface area contributed by atoms with Gasteiger partial charge in [-0.3, -0.25) is 4.79 Å². The zero-order valence-corrected chi connectivity index (χ0v) is 13.2. The van der Waals surface area contributed by atoms with Crippen LogP contribution in [0.1, 0.15) is 6.92 Å². The van der Waals surface area contributed by atoms with Crippen molar-refractivity contribution in [1.82, 2.24) is 0 Å². The number of hydrogen-bond donors (Lipinski definition) is 1. The van der Waals surface area contributed by atoms with E-state index in [-0.39, 0.29) is 17.0 Å². The lowest BCUT2D eigenvalue weighted by Crippen LogP contribution is -2.22. The predicted molar refractivity (Wildman–Crippen MR) is 84.5 cm³/mol. The Labute approximate surface area is 129 Å². The van der Waals surface area contributed by atoms with Gasteiger partial charge in [0.2, 0.25) is 5.91 Å². The van der Waals surface area contributed by atoms with Crippen molar-refractivity contribution < 1.29 is 9.18 Å². The van der Waals surface area contributed by atoms with Crippen LogP contribution < -0.4 is 5.32 Å². The average molecular weight is 354 g/mol. The Balaban J connectivity index is 2.01. The lowest BCUT2D eigenvalue weighted by atomic mass is 10.3. The molecule has 104 valence electrons. The van der Waals surface area contributed by atoms with Crippen LogP contribution in [0.4, 0.5) is 10.1 Å². The number of halogens is 2. The van der Waals surface area contributed by atoms with E-state index in [4.69, 9.17) is 0 Å². The molecule has 5 heteroatoms. The van der Waals surface area contributed by atoms with Crippen molar-refractivity contribution in [2.75, 3.05) is 5.32 Å². The molecule has 1 atom stereocenters. The van der Waals surface area contributed by atoms with Crippen molar-refractivity contribution in [3.8, 4) is 0 Å². The monoisotopic (exact) mass is 353 g/mol. The van der Waals surface area contributed by atoms with Crippen LogP contribution in [-0.2, 0) is 4.79 Å². The molecule has 2 aromatic carbocycles. The van der Waals surface area contributed by atoms with Gasteiger partial charge in [0.15, 0.2) is 0 Å². The number of carbonyl (C=O) groups excluding carboxylic acids is 1. The Kier molecular flexibility index (Phi) is 5.20. The van der Waals surface area contributed by atoms with Gasteiger partial charge in [0, 0.05) is 15.1 Å². The SMILES string of the molecule is CC(Sc1ccccc1F)C(=O)Nc1cccc(Br)c1. The van der Waals surface area contributed by atoms with Crippen LogP contribution in [-0.4, -0.2) is 11.2 Å². The summed E-state index contributed by atoms with van der Waals surface area (Å²) in [5.74, 6) is -0.462. The zero-order chi connectivity index (χ0) is 14.5. The summed E-state index contributed by atoms with van der Waals surface area (Å²) in [7, 11) is 0. The summed E-state index contributed by atoms with van der Waals surface area (Å²) in [6, 6.07) is 13.8. The third-order valence-corrected chi connectivity index (χ3v) is 4.25.